The summed E-state index contributed by atoms with van der Waals surface area (Å²) in [6, 6.07) is 7.11. The maximum Gasteiger partial charge on any atom is 0.260 e. The second kappa shape index (κ2) is 10.8. The van der Waals surface area contributed by atoms with Gasteiger partial charge in [0.2, 0.25) is 11.8 Å². The summed E-state index contributed by atoms with van der Waals surface area (Å²) in [6.07, 6.45) is 2.32. The van der Waals surface area contributed by atoms with E-state index in [-0.39, 0.29) is 36.7 Å². The average Bonchev–Trinajstić information content (AvgIpc) is 3.49. The van der Waals surface area contributed by atoms with E-state index in [1.807, 2.05) is 4.90 Å². The van der Waals surface area contributed by atoms with Gasteiger partial charge in [0.25, 0.3) is 5.91 Å². The van der Waals surface area contributed by atoms with Crippen LogP contribution in [0.1, 0.15) is 19.3 Å². The third kappa shape index (κ3) is 5.77. The molecule has 3 saturated heterocycles. The number of anilines is 1. The molecular formula is C23H32N4O5. The Morgan fingerprint density at radius 2 is 1.78 bits per heavy atom. The van der Waals surface area contributed by atoms with Gasteiger partial charge in [-0.3, -0.25) is 19.3 Å². The maximum atomic E-state index is 12.5. The van der Waals surface area contributed by atoms with Crippen LogP contribution in [0.25, 0.3) is 0 Å². The summed E-state index contributed by atoms with van der Waals surface area (Å²) in [5, 5.41) is 2.97. The van der Waals surface area contributed by atoms with Gasteiger partial charge in [0.1, 0.15) is 5.75 Å². The van der Waals surface area contributed by atoms with E-state index in [1.165, 1.54) is 0 Å². The number of carbonyl (C=O) groups is 3. The normalized spacial score (nSPS) is 21.8. The number of hydrogen-bond donors (Lipinski definition) is 1. The molecule has 1 aromatic rings. The van der Waals surface area contributed by atoms with Gasteiger partial charge in [-0.25, -0.2) is 0 Å². The van der Waals surface area contributed by atoms with Crippen LogP contribution in [0.2, 0.25) is 0 Å². The van der Waals surface area contributed by atoms with E-state index in [4.69, 9.17) is 9.47 Å². The number of rotatable bonds is 8. The highest BCUT2D eigenvalue weighted by molar-refractivity contribution is 6.00. The van der Waals surface area contributed by atoms with Crippen molar-refractivity contribution in [3.63, 3.8) is 0 Å². The molecule has 3 aliphatic rings. The van der Waals surface area contributed by atoms with Crippen molar-refractivity contribution in [2.75, 3.05) is 70.5 Å². The first-order valence-electron chi connectivity index (χ1n) is 11.5. The minimum atomic E-state index is -0.346. The Labute approximate surface area is 188 Å². The van der Waals surface area contributed by atoms with Crippen molar-refractivity contribution in [3.05, 3.63) is 24.3 Å². The van der Waals surface area contributed by atoms with Crippen molar-refractivity contribution in [2.24, 2.45) is 5.92 Å². The van der Waals surface area contributed by atoms with E-state index in [9.17, 15) is 14.4 Å². The molecule has 0 spiro atoms. The summed E-state index contributed by atoms with van der Waals surface area (Å²) in [7, 11) is 0. The molecule has 0 saturated carbocycles. The number of nitrogens with one attached hydrogen (secondary N) is 1. The van der Waals surface area contributed by atoms with E-state index >= 15 is 0 Å². The first-order chi connectivity index (χ1) is 15.6. The first-order valence-corrected chi connectivity index (χ1v) is 11.5. The second-order valence-corrected chi connectivity index (χ2v) is 8.52. The van der Waals surface area contributed by atoms with Gasteiger partial charge in [0.05, 0.1) is 19.1 Å². The lowest BCUT2D eigenvalue weighted by Crippen LogP contribution is -2.42. The van der Waals surface area contributed by atoms with Gasteiger partial charge < -0.3 is 24.6 Å². The zero-order valence-electron chi connectivity index (χ0n) is 18.5. The van der Waals surface area contributed by atoms with Crippen LogP contribution >= 0.6 is 0 Å². The molecule has 1 unspecified atom stereocenters. The highest BCUT2D eigenvalue weighted by Crippen LogP contribution is 2.27. The molecule has 3 heterocycles. The Kier molecular flexibility index (Phi) is 7.59. The molecule has 1 N–H and O–H groups in total. The van der Waals surface area contributed by atoms with Gasteiger partial charge in [0.15, 0.2) is 6.61 Å². The topological polar surface area (TPSA) is 91.4 Å². The van der Waals surface area contributed by atoms with Crippen molar-refractivity contribution in [3.8, 4) is 5.75 Å². The van der Waals surface area contributed by atoms with Gasteiger partial charge in [-0.1, -0.05) is 0 Å². The van der Waals surface area contributed by atoms with Crippen LogP contribution in [0.4, 0.5) is 5.69 Å². The molecular weight excluding hydrogens is 412 g/mol. The van der Waals surface area contributed by atoms with Crippen molar-refractivity contribution in [2.45, 2.75) is 19.3 Å². The molecule has 1 atom stereocenters. The Hall–Kier alpha value is -2.65. The third-order valence-corrected chi connectivity index (χ3v) is 6.30. The Morgan fingerprint density at radius 3 is 2.50 bits per heavy atom. The number of ether oxygens (including phenoxy) is 2. The average molecular weight is 445 g/mol. The number of hydrogen-bond acceptors (Lipinski definition) is 6. The molecule has 1 aromatic carbocycles. The highest BCUT2D eigenvalue weighted by Gasteiger charge is 2.35. The smallest absolute Gasteiger partial charge is 0.260 e. The Balaban J connectivity index is 1.22. The lowest BCUT2D eigenvalue weighted by atomic mass is 10.1. The van der Waals surface area contributed by atoms with Crippen LogP contribution in [0.5, 0.6) is 5.75 Å². The van der Waals surface area contributed by atoms with Crippen molar-refractivity contribution in [1.82, 2.24) is 15.1 Å². The largest absolute Gasteiger partial charge is 0.484 e. The lowest BCUT2D eigenvalue weighted by molar-refractivity contribution is -0.132. The molecule has 3 amide bonds. The fourth-order valence-corrected chi connectivity index (χ4v) is 4.36. The summed E-state index contributed by atoms with van der Waals surface area (Å²) in [5.41, 5.74) is 0.733. The predicted molar refractivity (Wildman–Crippen MR) is 118 cm³/mol. The van der Waals surface area contributed by atoms with Crippen LogP contribution in [-0.4, -0.2) is 93.2 Å². The monoisotopic (exact) mass is 444 g/mol. The highest BCUT2D eigenvalue weighted by atomic mass is 16.5. The first kappa shape index (κ1) is 22.5. The van der Waals surface area contributed by atoms with Gasteiger partial charge in [0, 0.05) is 57.9 Å². The standard InChI is InChI=1S/C23H32N4O5/c28-21-15-18(23(30)24-7-10-25-11-13-31-14-12-25)16-27(21)19-3-5-20(6-4-19)32-17-22(29)26-8-1-2-9-26/h3-6,18H,1-2,7-17H2,(H,24,30). The number of carbonyl (C=O) groups excluding carboxylic acids is 3. The van der Waals surface area contributed by atoms with E-state index in [1.54, 1.807) is 29.2 Å². The molecule has 9 heteroatoms. The molecule has 3 aliphatic heterocycles. The number of likely N-dealkylation sites (tertiary alicyclic amines) is 1. The molecule has 0 aliphatic carbocycles. The predicted octanol–water partition coefficient (Wildman–Crippen LogP) is 0.489. The van der Waals surface area contributed by atoms with E-state index in [0.29, 0.717) is 18.8 Å². The number of morpholine rings is 1. The van der Waals surface area contributed by atoms with Gasteiger partial charge >= 0.3 is 0 Å². The van der Waals surface area contributed by atoms with Gasteiger partial charge in [-0.2, -0.15) is 0 Å². The number of nitrogens with zero attached hydrogens (tertiary/aromatic N) is 3. The Bertz CT molecular complexity index is 803. The third-order valence-electron chi connectivity index (χ3n) is 6.30. The number of benzene rings is 1. The zero-order valence-corrected chi connectivity index (χ0v) is 18.5. The molecule has 0 aromatic heterocycles. The van der Waals surface area contributed by atoms with Gasteiger partial charge in [-0.15, -0.1) is 0 Å². The van der Waals surface area contributed by atoms with E-state index in [2.05, 4.69) is 10.2 Å². The molecule has 3 fully saturated rings. The summed E-state index contributed by atoms with van der Waals surface area (Å²) < 4.78 is 10.9. The fraction of sp³-hybridized carbons (Fsp3) is 0.609. The molecule has 0 radical (unpaired) electrons. The zero-order chi connectivity index (χ0) is 22.3. The minimum absolute atomic E-state index is 0.00349. The van der Waals surface area contributed by atoms with Crippen LogP contribution in [-0.2, 0) is 19.1 Å². The number of amides is 3. The fourth-order valence-electron chi connectivity index (χ4n) is 4.36. The summed E-state index contributed by atoms with van der Waals surface area (Å²) in [4.78, 5) is 42.9. The van der Waals surface area contributed by atoms with Crippen molar-refractivity contribution < 1.29 is 23.9 Å². The van der Waals surface area contributed by atoms with Crippen LogP contribution in [0.3, 0.4) is 0 Å². The Morgan fingerprint density at radius 1 is 1.06 bits per heavy atom. The maximum absolute atomic E-state index is 12.5. The van der Waals surface area contributed by atoms with E-state index < -0.39 is 0 Å². The molecule has 9 nitrogen and oxygen atoms in total. The van der Waals surface area contributed by atoms with Crippen molar-refractivity contribution in [1.29, 1.82) is 0 Å². The summed E-state index contributed by atoms with van der Waals surface area (Å²) in [6.45, 7) is 6.62. The summed E-state index contributed by atoms with van der Waals surface area (Å²) in [5.74, 6) is 0.112. The van der Waals surface area contributed by atoms with E-state index in [0.717, 1.165) is 64.5 Å². The SMILES string of the molecule is O=C(NCCN1CCOCC1)C1CC(=O)N(c2ccc(OCC(=O)N3CCCC3)cc2)C1. The van der Waals surface area contributed by atoms with Gasteiger partial charge in [-0.05, 0) is 37.1 Å². The molecule has 0 bridgehead atoms. The minimum Gasteiger partial charge on any atom is -0.484 e. The van der Waals surface area contributed by atoms with Crippen LogP contribution < -0.4 is 15.0 Å². The van der Waals surface area contributed by atoms with Crippen molar-refractivity contribution >= 4 is 23.4 Å². The molecule has 32 heavy (non-hydrogen) atoms. The molecule has 4 rings (SSSR count). The van der Waals surface area contributed by atoms with Crippen LogP contribution in [0.15, 0.2) is 24.3 Å². The lowest BCUT2D eigenvalue weighted by Gasteiger charge is -2.26. The quantitative estimate of drug-likeness (QED) is 0.628. The second-order valence-electron chi connectivity index (χ2n) is 8.52. The molecule has 174 valence electrons. The summed E-state index contributed by atoms with van der Waals surface area (Å²) >= 11 is 0. The van der Waals surface area contributed by atoms with Crippen LogP contribution in [0, 0.1) is 5.92 Å².